The van der Waals surface area contributed by atoms with Crippen molar-refractivity contribution in [1.29, 1.82) is 0 Å². The molecule has 1 heterocycles. The molecule has 1 aliphatic heterocycles. The molecule has 0 fully saturated rings. The van der Waals surface area contributed by atoms with Crippen LogP contribution in [0.2, 0.25) is 0 Å². The Morgan fingerprint density at radius 2 is 1.59 bits per heavy atom. The second-order valence-electron chi connectivity index (χ2n) is 7.39. The van der Waals surface area contributed by atoms with E-state index in [1.54, 1.807) is 32.4 Å². The molecule has 150 valence electrons. The summed E-state index contributed by atoms with van der Waals surface area (Å²) in [7, 11) is 3.12. The van der Waals surface area contributed by atoms with Crippen LogP contribution >= 0.6 is 0 Å². The lowest BCUT2D eigenvalue weighted by molar-refractivity contribution is -0.122. The highest BCUT2D eigenvalue weighted by atomic mass is 19.1. The molecule has 0 unspecified atom stereocenters. The average Bonchev–Trinajstić information content (AvgIpc) is 2.72. The molecule has 1 N–H and O–H groups in total. The first-order chi connectivity index (χ1) is 14.0. The van der Waals surface area contributed by atoms with Gasteiger partial charge in [0, 0.05) is 30.0 Å². The van der Waals surface area contributed by atoms with Gasteiger partial charge in [-0.05, 0) is 47.7 Å². The highest BCUT2D eigenvalue weighted by molar-refractivity contribution is 6.02. The molecule has 5 nitrogen and oxygen atoms in total. The van der Waals surface area contributed by atoms with Crippen molar-refractivity contribution in [2.45, 2.75) is 31.1 Å². The van der Waals surface area contributed by atoms with E-state index in [0.717, 1.165) is 11.1 Å². The number of amides is 1. The van der Waals surface area contributed by atoms with E-state index in [9.17, 15) is 14.0 Å². The molecule has 2 atom stereocenters. The molecular weight excluding hydrogens is 373 g/mol. The number of nitrogens with one attached hydrogen (secondary N) is 1. The number of ketones is 1. The van der Waals surface area contributed by atoms with Gasteiger partial charge >= 0.3 is 0 Å². The van der Waals surface area contributed by atoms with E-state index < -0.39 is 0 Å². The molecule has 2 aromatic carbocycles. The Kier molecular flexibility index (Phi) is 5.09. The fourth-order valence-corrected chi connectivity index (χ4v) is 4.29. The molecule has 0 radical (unpaired) electrons. The Hall–Kier alpha value is -3.15. The van der Waals surface area contributed by atoms with Crippen LogP contribution in [0.4, 0.5) is 4.39 Å². The van der Waals surface area contributed by atoms with Gasteiger partial charge in [0.15, 0.2) is 17.3 Å². The minimum absolute atomic E-state index is 0.0142. The van der Waals surface area contributed by atoms with Gasteiger partial charge in [-0.15, -0.1) is 0 Å². The van der Waals surface area contributed by atoms with Gasteiger partial charge in [0.1, 0.15) is 5.82 Å². The molecule has 0 saturated heterocycles. The third-order valence-electron chi connectivity index (χ3n) is 5.69. The molecule has 0 aromatic heterocycles. The fourth-order valence-electron chi connectivity index (χ4n) is 4.29. The third-order valence-corrected chi connectivity index (χ3v) is 5.69. The Labute approximate surface area is 168 Å². The van der Waals surface area contributed by atoms with E-state index in [1.165, 1.54) is 12.1 Å². The number of rotatable bonds is 4. The van der Waals surface area contributed by atoms with Crippen molar-refractivity contribution in [2.75, 3.05) is 14.2 Å². The van der Waals surface area contributed by atoms with Crippen molar-refractivity contribution in [3.05, 3.63) is 70.7 Å². The van der Waals surface area contributed by atoms with E-state index in [4.69, 9.17) is 9.47 Å². The number of benzene rings is 2. The van der Waals surface area contributed by atoms with Gasteiger partial charge in [-0.2, -0.15) is 0 Å². The van der Waals surface area contributed by atoms with Crippen LogP contribution in [0, 0.1) is 5.82 Å². The Bertz CT molecular complexity index is 996. The van der Waals surface area contributed by atoms with Crippen molar-refractivity contribution in [2.24, 2.45) is 0 Å². The lowest BCUT2D eigenvalue weighted by Crippen LogP contribution is -2.38. The lowest BCUT2D eigenvalue weighted by atomic mass is 9.73. The van der Waals surface area contributed by atoms with Gasteiger partial charge in [0.05, 0.1) is 14.2 Å². The second-order valence-corrected chi connectivity index (χ2v) is 7.39. The summed E-state index contributed by atoms with van der Waals surface area (Å²) in [6, 6.07) is 11.7. The Morgan fingerprint density at radius 3 is 2.28 bits per heavy atom. The van der Waals surface area contributed by atoms with Crippen molar-refractivity contribution in [3.63, 3.8) is 0 Å². The van der Waals surface area contributed by atoms with E-state index in [0.29, 0.717) is 35.6 Å². The number of halogens is 1. The quantitative estimate of drug-likeness (QED) is 0.854. The number of hydrogen-bond donors (Lipinski definition) is 1. The molecule has 2 aromatic rings. The van der Waals surface area contributed by atoms with Crippen LogP contribution in [-0.2, 0) is 9.59 Å². The number of methoxy groups -OCH3 is 2. The van der Waals surface area contributed by atoms with Crippen LogP contribution in [0.15, 0.2) is 53.7 Å². The highest BCUT2D eigenvalue weighted by Crippen LogP contribution is 2.44. The number of allylic oxidation sites excluding steroid dienone is 2. The first-order valence-electron chi connectivity index (χ1n) is 9.53. The van der Waals surface area contributed by atoms with E-state index in [1.807, 2.05) is 12.1 Å². The normalized spacial score (nSPS) is 21.5. The smallest absolute Gasteiger partial charge is 0.225 e. The third kappa shape index (κ3) is 3.62. The molecular formula is C23H22FNO4. The summed E-state index contributed by atoms with van der Waals surface area (Å²) in [5.74, 6) is 0.348. The van der Waals surface area contributed by atoms with Crippen molar-refractivity contribution >= 4 is 11.7 Å². The Morgan fingerprint density at radius 1 is 0.897 bits per heavy atom. The standard InChI is InChI=1S/C23H22FNO4/c1-28-20-8-5-14(11-21(20)29-2)17-12-22(27)25-18-9-15(10-19(26)23(17)18)13-3-6-16(24)7-4-13/h3-8,11,15,17H,9-10,12H2,1-2H3,(H,25,27)/t15-,17+/m0/s1. The van der Waals surface area contributed by atoms with Crippen molar-refractivity contribution in [1.82, 2.24) is 5.32 Å². The summed E-state index contributed by atoms with van der Waals surface area (Å²) in [5.41, 5.74) is 3.08. The molecule has 0 saturated carbocycles. The number of Topliss-reactive ketones (excluding diaryl/α,β-unsaturated/α-hetero) is 1. The molecule has 0 bridgehead atoms. The molecule has 2 aliphatic rings. The van der Waals surface area contributed by atoms with Crippen LogP contribution in [-0.4, -0.2) is 25.9 Å². The fraction of sp³-hybridized carbons (Fsp3) is 0.304. The number of carbonyl (C=O) groups excluding carboxylic acids is 2. The molecule has 1 aliphatic carbocycles. The van der Waals surface area contributed by atoms with Crippen molar-refractivity contribution < 1.29 is 23.5 Å². The van der Waals surface area contributed by atoms with Gasteiger partial charge in [0.2, 0.25) is 5.91 Å². The molecule has 6 heteroatoms. The highest BCUT2D eigenvalue weighted by Gasteiger charge is 2.38. The summed E-state index contributed by atoms with van der Waals surface area (Å²) < 4.78 is 23.9. The van der Waals surface area contributed by atoms with Gasteiger partial charge in [0.25, 0.3) is 0 Å². The van der Waals surface area contributed by atoms with E-state index in [2.05, 4.69) is 5.32 Å². The van der Waals surface area contributed by atoms with Crippen LogP contribution < -0.4 is 14.8 Å². The zero-order chi connectivity index (χ0) is 20.5. The maximum atomic E-state index is 13.3. The van der Waals surface area contributed by atoms with Crippen LogP contribution in [0.25, 0.3) is 0 Å². The van der Waals surface area contributed by atoms with Crippen LogP contribution in [0.5, 0.6) is 11.5 Å². The summed E-state index contributed by atoms with van der Waals surface area (Å²) in [4.78, 5) is 25.5. The van der Waals surface area contributed by atoms with E-state index >= 15 is 0 Å². The van der Waals surface area contributed by atoms with Gasteiger partial charge in [-0.25, -0.2) is 4.39 Å². The maximum Gasteiger partial charge on any atom is 0.225 e. The SMILES string of the molecule is COc1ccc([C@H]2CC(=O)NC3=C2C(=O)C[C@@H](c2ccc(F)cc2)C3)cc1OC. The number of carbonyl (C=O) groups is 2. The summed E-state index contributed by atoms with van der Waals surface area (Å²) in [6.07, 6.45) is 1.09. The summed E-state index contributed by atoms with van der Waals surface area (Å²) in [5, 5.41) is 2.90. The zero-order valence-electron chi connectivity index (χ0n) is 16.3. The van der Waals surface area contributed by atoms with Gasteiger partial charge < -0.3 is 14.8 Å². The van der Waals surface area contributed by atoms with Crippen molar-refractivity contribution in [3.8, 4) is 11.5 Å². The zero-order valence-corrected chi connectivity index (χ0v) is 16.3. The molecule has 1 amide bonds. The minimum Gasteiger partial charge on any atom is -0.493 e. The number of hydrogen-bond acceptors (Lipinski definition) is 4. The topological polar surface area (TPSA) is 64.6 Å². The van der Waals surface area contributed by atoms with Crippen LogP contribution in [0.1, 0.15) is 42.2 Å². The van der Waals surface area contributed by atoms with Gasteiger partial charge in [-0.1, -0.05) is 18.2 Å². The molecule has 29 heavy (non-hydrogen) atoms. The predicted molar refractivity (Wildman–Crippen MR) is 105 cm³/mol. The first-order valence-corrected chi connectivity index (χ1v) is 9.53. The van der Waals surface area contributed by atoms with E-state index in [-0.39, 0.29) is 35.8 Å². The molecule has 0 spiro atoms. The monoisotopic (exact) mass is 395 g/mol. The maximum absolute atomic E-state index is 13.3. The summed E-state index contributed by atoms with van der Waals surface area (Å²) in [6.45, 7) is 0. The summed E-state index contributed by atoms with van der Waals surface area (Å²) >= 11 is 0. The van der Waals surface area contributed by atoms with Crippen LogP contribution in [0.3, 0.4) is 0 Å². The first kappa shape index (κ1) is 19.2. The lowest BCUT2D eigenvalue weighted by Gasteiger charge is -2.34. The minimum atomic E-state index is -0.319. The Balaban J connectivity index is 1.71. The number of ether oxygens (including phenoxy) is 2. The largest absolute Gasteiger partial charge is 0.493 e. The predicted octanol–water partition coefficient (Wildman–Crippen LogP) is 3.85. The molecule has 4 rings (SSSR count). The average molecular weight is 395 g/mol. The van der Waals surface area contributed by atoms with Gasteiger partial charge in [-0.3, -0.25) is 9.59 Å². The second kappa shape index (κ2) is 7.70.